The Morgan fingerprint density at radius 1 is 1.50 bits per heavy atom. The van der Waals surface area contributed by atoms with Gasteiger partial charge >= 0.3 is 6.43 Å². The highest BCUT2D eigenvalue weighted by Gasteiger charge is 2.17. The van der Waals surface area contributed by atoms with Gasteiger partial charge < -0.3 is 0 Å². The molecule has 0 aliphatic carbocycles. The van der Waals surface area contributed by atoms with Crippen LogP contribution in [0.5, 0.6) is 0 Å². The van der Waals surface area contributed by atoms with Crippen LogP contribution in [0.2, 0.25) is 0 Å². The summed E-state index contributed by atoms with van der Waals surface area (Å²) in [6.45, 7) is 0. The highest BCUT2D eigenvalue weighted by atomic mass is 19.3. The molecule has 0 bridgehead atoms. The molecule has 0 saturated carbocycles. The Morgan fingerprint density at radius 2 is 2.17 bits per heavy atom. The summed E-state index contributed by atoms with van der Waals surface area (Å²) in [5, 5.41) is 0. The second-order valence-electron chi connectivity index (χ2n) is 2.03. The molecule has 1 aromatic rings. The van der Waals surface area contributed by atoms with Crippen molar-refractivity contribution < 1.29 is 18.0 Å². The van der Waals surface area contributed by atoms with Crippen molar-refractivity contribution >= 4 is 5.78 Å². The quantitative estimate of drug-likeness (QED) is 0.505. The maximum Gasteiger partial charge on any atom is 0.300 e. The van der Waals surface area contributed by atoms with Crippen molar-refractivity contribution in [3.8, 4) is 0 Å². The van der Waals surface area contributed by atoms with Crippen LogP contribution >= 0.6 is 0 Å². The minimum Gasteiger partial charge on any atom is -0.288 e. The van der Waals surface area contributed by atoms with Crippen molar-refractivity contribution in [3.63, 3.8) is 0 Å². The van der Waals surface area contributed by atoms with Gasteiger partial charge in [-0.05, 0) is 6.07 Å². The molecule has 0 unspecified atom stereocenters. The van der Waals surface area contributed by atoms with E-state index in [0.717, 1.165) is 12.3 Å². The highest BCUT2D eigenvalue weighted by molar-refractivity contribution is 5.98. The van der Waals surface area contributed by atoms with Crippen molar-refractivity contribution in [3.05, 3.63) is 29.8 Å². The normalized spacial score (nSPS) is 10.3. The SMILES string of the molecule is O=C(c1ccnc(F)c1)C(F)F. The lowest BCUT2D eigenvalue weighted by Gasteiger charge is -1.97. The molecule has 1 rings (SSSR count). The van der Waals surface area contributed by atoms with Crippen molar-refractivity contribution in [2.45, 2.75) is 6.43 Å². The van der Waals surface area contributed by atoms with E-state index in [1.165, 1.54) is 0 Å². The zero-order valence-electron chi connectivity index (χ0n) is 5.80. The van der Waals surface area contributed by atoms with Gasteiger partial charge in [0.2, 0.25) is 11.7 Å². The lowest BCUT2D eigenvalue weighted by Crippen LogP contribution is -2.10. The predicted octanol–water partition coefficient (Wildman–Crippen LogP) is 1.67. The van der Waals surface area contributed by atoms with Crippen LogP contribution in [0, 0.1) is 5.95 Å². The molecule has 2 nitrogen and oxygen atoms in total. The Hall–Kier alpha value is -1.39. The van der Waals surface area contributed by atoms with Crippen LogP contribution in [0.3, 0.4) is 0 Å². The number of nitrogens with zero attached hydrogens (tertiary/aromatic N) is 1. The summed E-state index contributed by atoms with van der Waals surface area (Å²) in [5.41, 5.74) is -0.363. The molecule has 1 heterocycles. The van der Waals surface area contributed by atoms with Gasteiger partial charge in [-0.15, -0.1) is 0 Å². The number of carbonyl (C=O) groups is 1. The van der Waals surface area contributed by atoms with Crippen LogP contribution in [0.25, 0.3) is 0 Å². The van der Waals surface area contributed by atoms with E-state index in [9.17, 15) is 18.0 Å². The number of halogens is 3. The molecule has 12 heavy (non-hydrogen) atoms. The summed E-state index contributed by atoms with van der Waals surface area (Å²) in [5.74, 6) is -2.34. The Morgan fingerprint density at radius 3 is 2.67 bits per heavy atom. The number of aromatic nitrogens is 1. The average molecular weight is 175 g/mol. The molecule has 0 fully saturated rings. The van der Waals surface area contributed by atoms with Crippen molar-refractivity contribution in [1.82, 2.24) is 4.98 Å². The zero-order chi connectivity index (χ0) is 9.14. The number of Topliss-reactive ketones (excluding diaryl/α,β-unsaturated/α-hetero) is 1. The van der Waals surface area contributed by atoms with Gasteiger partial charge in [-0.2, -0.15) is 4.39 Å². The van der Waals surface area contributed by atoms with Gasteiger partial charge in [-0.25, -0.2) is 13.8 Å². The number of hydrogen-bond donors (Lipinski definition) is 0. The summed E-state index contributed by atoms with van der Waals surface area (Å²) in [4.78, 5) is 13.7. The minimum atomic E-state index is -3.10. The maximum atomic E-state index is 12.3. The van der Waals surface area contributed by atoms with Crippen molar-refractivity contribution in [1.29, 1.82) is 0 Å². The third-order valence-corrected chi connectivity index (χ3v) is 1.21. The monoisotopic (exact) mass is 175 g/mol. The summed E-state index contributed by atoms with van der Waals surface area (Å²) >= 11 is 0. The molecule has 0 aromatic carbocycles. The van der Waals surface area contributed by atoms with E-state index < -0.39 is 18.2 Å². The minimum absolute atomic E-state index is 0.363. The molecule has 64 valence electrons. The van der Waals surface area contributed by atoms with E-state index in [4.69, 9.17) is 0 Å². The molecule has 0 spiro atoms. The second-order valence-corrected chi connectivity index (χ2v) is 2.03. The lowest BCUT2D eigenvalue weighted by molar-refractivity contribution is 0.0678. The molecule has 0 N–H and O–H groups in total. The summed E-state index contributed by atoms with van der Waals surface area (Å²) in [6, 6.07) is 1.71. The van der Waals surface area contributed by atoms with Gasteiger partial charge in [-0.3, -0.25) is 4.79 Å². The number of pyridine rings is 1. The van der Waals surface area contributed by atoms with Crippen molar-refractivity contribution in [2.75, 3.05) is 0 Å². The van der Waals surface area contributed by atoms with Gasteiger partial charge in [0.1, 0.15) is 0 Å². The molecule has 0 aliphatic rings. The van der Waals surface area contributed by atoms with E-state index in [1.54, 1.807) is 0 Å². The first kappa shape index (κ1) is 8.70. The predicted molar refractivity (Wildman–Crippen MR) is 34.5 cm³/mol. The number of hydrogen-bond acceptors (Lipinski definition) is 2. The van der Waals surface area contributed by atoms with E-state index in [2.05, 4.69) is 4.98 Å². The third-order valence-electron chi connectivity index (χ3n) is 1.21. The molecule has 1 aromatic heterocycles. The second kappa shape index (κ2) is 3.34. The van der Waals surface area contributed by atoms with Gasteiger partial charge in [0.15, 0.2) is 0 Å². The fourth-order valence-electron chi connectivity index (χ4n) is 0.682. The molecule has 5 heteroatoms. The molecule has 0 radical (unpaired) electrons. The summed E-state index contributed by atoms with van der Waals surface area (Å²) in [7, 11) is 0. The average Bonchev–Trinajstić information content (AvgIpc) is 2.03. The number of carbonyl (C=O) groups excluding carboxylic acids is 1. The molecule has 0 amide bonds. The summed E-state index contributed by atoms with van der Waals surface area (Å²) in [6.07, 6.45) is -2.14. The van der Waals surface area contributed by atoms with Crippen LogP contribution in [0.1, 0.15) is 10.4 Å². The Bertz CT molecular complexity index is 300. The third kappa shape index (κ3) is 1.81. The Balaban J connectivity index is 2.96. The van der Waals surface area contributed by atoms with Crippen LogP contribution in [0.4, 0.5) is 13.2 Å². The van der Waals surface area contributed by atoms with E-state index in [-0.39, 0.29) is 5.56 Å². The van der Waals surface area contributed by atoms with Gasteiger partial charge in [-0.1, -0.05) is 0 Å². The molecule has 0 aliphatic heterocycles. The maximum absolute atomic E-state index is 12.3. The standard InChI is InChI=1S/C7H4F3NO/c8-5-3-4(1-2-11-5)6(12)7(9)10/h1-3,7H. The summed E-state index contributed by atoms with van der Waals surface area (Å²) < 4.78 is 35.8. The smallest absolute Gasteiger partial charge is 0.288 e. The largest absolute Gasteiger partial charge is 0.300 e. The van der Waals surface area contributed by atoms with Gasteiger partial charge in [0.25, 0.3) is 0 Å². The van der Waals surface area contributed by atoms with Crippen LogP contribution in [-0.4, -0.2) is 17.2 Å². The van der Waals surface area contributed by atoms with Gasteiger partial charge in [0, 0.05) is 17.8 Å². The zero-order valence-corrected chi connectivity index (χ0v) is 5.80. The number of ketones is 1. The molecular weight excluding hydrogens is 171 g/mol. The number of rotatable bonds is 2. The Kier molecular flexibility index (Phi) is 2.42. The number of alkyl halides is 2. The van der Waals surface area contributed by atoms with Crippen LogP contribution in [0.15, 0.2) is 18.3 Å². The molecular formula is C7H4F3NO. The van der Waals surface area contributed by atoms with Crippen LogP contribution in [-0.2, 0) is 0 Å². The first-order chi connectivity index (χ1) is 5.61. The van der Waals surface area contributed by atoms with E-state index in [1.807, 2.05) is 0 Å². The van der Waals surface area contributed by atoms with Crippen LogP contribution < -0.4 is 0 Å². The fraction of sp³-hybridized carbons (Fsp3) is 0.143. The highest BCUT2D eigenvalue weighted by Crippen LogP contribution is 2.07. The topological polar surface area (TPSA) is 30.0 Å². The van der Waals surface area contributed by atoms with E-state index in [0.29, 0.717) is 6.07 Å². The van der Waals surface area contributed by atoms with E-state index >= 15 is 0 Å². The Labute approximate surface area is 66.0 Å². The lowest BCUT2D eigenvalue weighted by atomic mass is 10.2. The van der Waals surface area contributed by atoms with Gasteiger partial charge in [0.05, 0.1) is 0 Å². The fourth-order valence-corrected chi connectivity index (χ4v) is 0.682. The molecule has 0 atom stereocenters. The first-order valence-corrected chi connectivity index (χ1v) is 3.05. The first-order valence-electron chi connectivity index (χ1n) is 3.05. The molecule has 0 saturated heterocycles. The van der Waals surface area contributed by atoms with Crippen molar-refractivity contribution in [2.24, 2.45) is 0 Å².